The molecular weight excluding hydrogens is 513 g/mol. The van der Waals surface area contributed by atoms with Gasteiger partial charge in [-0.25, -0.2) is 9.66 Å². The molecule has 0 spiro atoms. The molecule has 2 aromatic carbocycles. The molecule has 0 saturated carbocycles. The Hall–Kier alpha value is -4.15. The molecule has 6 rings (SSSR count). The Morgan fingerprint density at radius 1 is 1.08 bits per heavy atom. The lowest BCUT2D eigenvalue weighted by Crippen LogP contribution is -2.37. The van der Waals surface area contributed by atoms with E-state index in [0.717, 1.165) is 48.4 Å². The van der Waals surface area contributed by atoms with Crippen LogP contribution in [0, 0.1) is 5.92 Å². The third-order valence-corrected chi connectivity index (χ3v) is 7.14. The van der Waals surface area contributed by atoms with Crippen molar-refractivity contribution >= 4 is 22.6 Å². The Kier molecular flexibility index (Phi) is 6.36. The van der Waals surface area contributed by atoms with E-state index in [1.165, 1.54) is 12.1 Å². The van der Waals surface area contributed by atoms with Crippen LogP contribution in [0.25, 0.3) is 22.4 Å². The van der Waals surface area contributed by atoms with Crippen LogP contribution in [0.5, 0.6) is 11.5 Å². The monoisotopic (exact) mass is 540 g/mol. The summed E-state index contributed by atoms with van der Waals surface area (Å²) in [7, 11) is 3.17. The van der Waals surface area contributed by atoms with Crippen LogP contribution in [0.4, 0.5) is 18.9 Å². The number of aromatic nitrogens is 2. The molecule has 1 atom stereocenters. The number of anilines is 1. The Bertz CT molecular complexity index is 1520. The van der Waals surface area contributed by atoms with Gasteiger partial charge >= 0.3 is 6.18 Å². The maximum Gasteiger partial charge on any atom is 0.416 e. The van der Waals surface area contributed by atoms with Crippen molar-refractivity contribution < 1.29 is 31.8 Å². The summed E-state index contributed by atoms with van der Waals surface area (Å²) in [6, 6.07) is 10.9. The fourth-order valence-corrected chi connectivity index (χ4v) is 5.09. The van der Waals surface area contributed by atoms with Crippen molar-refractivity contribution in [3.8, 4) is 23.0 Å². The highest BCUT2D eigenvalue weighted by Crippen LogP contribution is 2.38. The van der Waals surface area contributed by atoms with Crippen LogP contribution in [0.2, 0.25) is 0 Å². The molecule has 2 aromatic heterocycles. The van der Waals surface area contributed by atoms with Gasteiger partial charge in [0.1, 0.15) is 28.6 Å². The topological polar surface area (TPSA) is 74.2 Å². The van der Waals surface area contributed by atoms with E-state index < -0.39 is 11.7 Å². The van der Waals surface area contributed by atoms with Crippen molar-refractivity contribution in [2.45, 2.75) is 25.4 Å². The van der Waals surface area contributed by atoms with Crippen LogP contribution >= 0.6 is 0 Å². The maximum absolute atomic E-state index is 13.0. The summed E-state index contributed by atoms with van der Waals surface area (Å²) in [6.07, 6.45) is -0.134. The second-order valence-electron chi connectivity index (χ2n) is 9.72. The molecule has 2 aliphatic rings. The van der Waals surface area contributed by atoms with Gasteiger partial charge in [0.25, 0.3) is 0 Å². The Morgan fingerprint density at radius 3 is 2.62 bits per heavy atom. The number of furan rings is 1. The molecule has 1 unspecified atom stereocenters. The summed E-state index contributed by atoms with van der Waals surface area (Å²) in [4.78, 5) is 6.75. The Morgan fingerprint density at radius 2 is 1.90 bits per heavy atom. The summed E-state index contributed by atoms with van der Waals surface area (Å²) in [6.45, 7) is 1.94. The number of alkyl halides is 3. The van der Waals surface area contributed by atoms with Gasteiger partial charge in [-0.2, -0.15) is 13.2 Å². The third-order valence-electron chi connectivity index (χ3n) is 7.14. The van der Waals surface area contributed by atoms with Crippen molar-refractivity contribution in [2.24, 2.45) is 11.0 Å². The van der Waals surface area contributed by atoms with Gasteiger partial charge in [0.15, 0.2) is 5.76 Å². The summed E-state index contributed by atoms with van der Waals surface area (Å²) in [5.74, 6) is 3.41. The number of fused-ring (bicyclic) bond motifs is 2. The Labute approximate surface area is 222 Å². The minimum atomic E-state index is -4.34. The van der Waals surface area contributed by atoms with Gasteiger partial charge < -0.3 is 23.5 Å². The lowest BCUT2D eigenvalue weighted by Gasteiger charge is -2.34. The van der Waals surface area contributed by atoms with Crippen LogP contribution < -0.4 is 14.4 Å². The number of benzene rings is 2. The number of hydrogen-bond donors (Lipinski definition) is 0. The fraction of sp³-hybridized carbons (Fsp3) is 0.357. The van der Waals surface area contributed by atoms with Gasteiger partial charge in [-0.3, -0.25) is 0 Å². The number of nitrogens with zero attached hydrogens (tertiary/aromatic N) is 4. The third kappa shape index (κ3) is 5.00. The van der Waals surface area contributed by atoms with E-state index in [4.69, 9.17) is 18.6 Å². The van der Waals surface area contributed by atoms with Crippen LogP contribution in [0.15, 0.2) is 58.2 Å². The first-order valence-corrected chi connectivity index (χ1v) is 12.7. The largest absolute Gasteiger partial charge is 0.496 e. The lowest BCUT2D eigenvalue weighted by molar-refractivity contribution is -0.137. The molecule has 4 heterocycles. The Balaban J connectivity index is 1.19. The predicted molar refractivity (Wildman–Crippen MR) is 139 cm³/mol. The van der Waals surface area contributed by atoms with Gasteiger partial charge in [-0.15, -0.1) is 5.10 Å². The molecule has 2 aliphatic heterocycles. The first kappa shape index (κ1) is 25.1. The molecular formula is C28H27F3N4O4. The first-order valence-electron chi connectivity index (χ1n) is 12.7. The zero-order valence-corrected chi connectivity index (χ0v) is 21.5. The van der Waals surface area contributed by atoms with Gasteiger partial charge in [0.05, 0.1) is 44.4 Å². The average molecular weight is 541 g/mol. The summed E-state index contributed by atoms with van der Waals surface area (Å²) in [5.41, 5.74) is 1.41. The first-order chi connectivity index (χ1) is 18.8. The minimum absolute atomic E-state index is 0.206. The highest BCUT2D eigenvalue weighted by atomic mass is 19.4. The molecule has 1 fully saturated rings. The highest BCUT2D eigenvalue weighted by Gasteiger charge is 2.30. The van der Waals surface area contributed by atoms with E-state index in [-0.39, 0.29) is 5.92 Å². The number of hydrogen-bond acceptors (Lipinski definition) is 7. The molecule has 1 saturated heterocycles. The quantitative estimate of drug-likeness (QED) is 0.300. The highest BCUT2D eigenvalue weighted by molar-refractivity contribution is 5.89. The lowest BCUT2D eigenvalue weighted by atomic mass is 9.98. The molecule has 0 bridgehead atoms. The predicted octanol–water partition coefficient (Wildman–Crippen LogP) is 5.98. The van der Waals surface area contributed by atoms with Gasteiger partial charge in [-0.05, 0) is 43.2 Å². The maximum atomic E-state index is 13.0. The van der Waals surface area contributed by atoms with Crippen molar-refractivity contribution in [3.63, 3.8) is 0 Å². The number of rotatable bonds is 6. The number of halogens is 3. The molecule has 0 radical (unpaired) electrons. The van der Waals surface area contributed by atoms with Crippen molar-refractivity contribution in [1.82, 2.24) is 9.66 Å². The van der Waals surface area contributed by atoms with Crippen LogP contribution in [-0.4, -0.2) is 49.5 Å². The van der Waals surface area contributed by atoms with Crippen LogP contribution in [0.3, 0.4) is 0 Å². The summed E-state index contributed by atoms with van der Waals surface area (Å²) < 4.78 is 63.7. The molecule has 39 heavy (non-hydrogen) atoms. The smallest absolute Gasteiger partial charge is 0.416 e. The molecule has 0 amide bonds. The molecule has 0 aliphatic carbocycles. The molecule has 8 nitrogen and oxygen atoms in total. The van der Waals surface area contributed by atoms with Crippen molar-refractivity contribution in [2.75, 3.05) is 38.8 Å². The SMILES string of the molecule is COC1=Nn2cc(-c3cc4c(OCC5CCCN(c6ccc(C(F)(F)F)cc6)C5)cc(OC)cc4o3)nc2C1. The van der Waals surface area contributed by atoms with Crippen LogP contribution in [-0.2, 0) is 17.3 Å². The van der Waals surface area contributed by atoms with Gasteiger partial charge in [0.2, 0.25) is 5.90 Å². The molecule has 204 valence electrons. The zero-order valence-electron chi connectivity index (χ0n) is 21.5. The van der Waals surface area contributed by atoms with Crippen LogP contribution in [0.1, 0.15) is 24.2 Å². The van der Waals surface area contributed by atoms with Crippen molar-refractivity contribution in [3.05, 3.63) is 60.0 Å². The van der Waals surface area contributed by atoms with Gasteiger partial charge in [-0.1, -0.05) is 0 Å². The normalized spacial score (nSPS) is 17.3. The zero-order chi connectivity index (χ0) is 27.1. The molecule has 0 N–H and O–H groups in total. The number of imidazole rings is 1. The number of piperidine rings is 1. The standard InChI is InChI=1S/C28H27F3N4O4/c1-36-20-10-23(21-12-25(39-24(21)11-20)22-15-35-26(32-22)13-27(33-35)37-2)38-16-17-4-3-9-34(14-17)19-7-5-18(6-8-19)28(29,30)31/h5-8,10-12,15,17H,3-4,9,13-14,16H2,1-2H3. The summed E-state index contributed by atoms with van der Waals surface area (Å²) >= 11 is 0. The van der Waals surface area contributed by atoms with Crippen molar-refractivity contribution in [1.29, 1.82) is 0 Å². The second-order valence-corrected chi connectivity index (χ2v) is 9.72. The van der Waals surface area contributed by atoms with E-state index >= 15 is 0 Å². The minimum Gasteiger partial charge on any atom is -0.496 e. The van der Waals surface area contributed by atoms with E-state index in [0.29, 0.717) is 54.0 Å². The van der Waals surface area contributed by atoms with E-state index in [9.17, 15) is 13.2 Å². The molecule has 4 aromatic rings. The number of methoxy groups -OCH3 is 2. The molecule has 11 heteroatoms. The summed E-state index contributed by atoms with van der Waals surface area (Å²) in [5, 5.41) is 5.15. The fourth-order valence-electron chi connectivity index (χ4n) is 5.09. The van der Waals surface area contributed by atoms with E-state index in [1.54, 1.807) is 25.1 Å². The van der Waals surface area contributed by atoms with E-state index in [1.807, 2.05) is 18.2 Å². The second kappa shape index (κ2) is 9.87. The number of ether oxygens (including phenoxy) is 3. The van der Waals surface area contributed by atoms with Gasteiger partial charge in [0, 0.05) is 36.8 Å². The average Bonchev–Trinajstić information content (AvgIpc) is 3.64. The van der Waals surface area contributed by atoms with E-state index in [2.05, 4.69) is 15.0 Å².